The minimum absolute atomic E-state index is 0.0638. The molecule has 0 amide bonds. The van der Waals surface area contributed by atoms with Crippen LogP contribution in [0.1, 0.15) is 5.56 Å². The first-order chi connectivity index (χ1) is 7.37. The van der Waals surface area contributed by atoms with Gasteiger partial charge in [-0.25, -0.2) is 0 Å². The Balaban J connectivity index is 3.23. The Labute approximate surface area is 96.7 Å². The van der Waals surface area contributed by atoms with Crippen molar-refractivity contribution in [1.82, 2.24) is 4.98 Å². The Bertz CT molecular complexity index is 442. The highest BCUT2D eigenvalue weighted by Crippen LogP contribution is 2.33. The zero-order chi connectivity index (χ0) is 12.3. The third kappa shape index (κ3) is 3.00. The predicted molar refractivity (Wildman–Crippen MR) is 49.9 cm³/mol. The Kier molecular flexibility index (Phi) is 3.59. The maximum absolute atomic E-state index is 12.0. The summed E-state index contributed by atoms with van der Waals surface area (Å²) in [7, 11) is 1.22. The van der Waals surface area contributed by atoms with E-state index >= 15 is 0 Å². The van der Waals surface area contributed by atoms with Crippen molar-refractivity contribution in [2.24, 2.45) is 0 Å². The molecule has 0 spiro atoms. The van der Waals surface area contributed by atoms with Gasteiger partial charge in [-0.05, 0) is 15.9 Å². The van der Waals surface area contributed by atoms with Crippen LogP contribution in [0.5, 0.6) is 11.8 Å². The molecule has 0 saturated heterocycles. The van der Waals surface area contributed by atoms with Crippen molar-refractivity contribution in [3.63, 3.8) is 0 Å². The molecule has 0 radical (unpaired) electrons. The second-order valence-electron chi connectivity index (χ2n) is 2.49. The highest BCUT2D eigenvalue weighted by molar-refractivity contribution is 9.10. The number of halogens is 4. The third-order valence-electron chi connectivity index (χ3n) is 1.45. The number of nitriles is 1. The summed E-state index contributed by atoms with van der Waals surface area (Å²) in [6.07, 6.45) is -4.88. The van der Waals surface area contributed by atoms with Gasteiger partial charge in [0.25, 0.3) is 0 Å². The molecule has 0 aliphatic rings. The zero-order valence-electron chi connectivity index (χ0n) is 7.80. The molecule has 0 unspecified atom stereocenters. The van der Waals surface area contributed by atoms with E-state index in [1.165, 1.54) is 13.2 Å². The first kappa shape index (κ1) is 12.6. The molecule has 0 aliphatic carbocycles. The molecule has 1 aromatic heterocycles. The summed E-state index contributed by atoms with van der Waals surface area (Å²) >= 11 is 2.79. The number of aromatic nitrogens is 1. The fraction of sp³-hybridized carbons (Fsp3) is 0.250. The lowest BCUT2D eigenvalue weighted by molar-refractivity contribution is -0.276. The molecule has 86 valence electrons. The van der Waals surface area contributed by atoms with Gasteiger partial charge in [0.05, 0.1) is 17.1 Å². The van der Waals surface area contributed by atoms with E-state index in [0.717, 1.165) is 0 Å². The third-order valence-corrected chi connectivity index (χ3v) is 2.21. The van der Waals surface area contributed by atoms with E-state index in [1.54, 1.807) is 6.07 Å². The molecule has 0 N–H and O–H groups in total. The normalized spacial score (nSPS) is 10.8. The van der Waals surface area contributed by atoms with E-state index in [-0.39, 0.29) is 15.9 Å². The van der Waals surface area contributed by atoms with E-state index in [9.17, 15) is 13.2 Å². The highest BCUT2D eigenvalue weighted by Gasteiger charge is 2.33. The maximum Gasteiger partial charge on any atom is 0.574 e. The smallest absolute Gasteiger partial charge is 0.481 e. The molecule has 0 saturated carbocycles. The lowest BCUT2D eigenvalue weighted by atomic mass is 10.3. The standard InChI is InChI=1S/C8H4BrF3N2O2/c1-15-5-2-4(3-13)6(9)7(14-5)16-8(10,11)12/h2H,1H3. The van der Waals surface area contributed by atoms with Crippen molar-refractivity contribution in [2.45, 2.75) is 6.36 Å². The Morgan fingerprint density at radius 3 is 2.56 bits per heavy atom. The molecule has 0 fully saturated rings. The van der Waals surface area contributed by atoms with Gasteiger partial charge in [-0.15, -0.1) is 13.2 Å². The Morgan fingerprint density at radius 2 is 2.12 bits per heavy atom. The van der Waals surface area contributed by atoms with Gasteiger partial charge in [-0.1, -0.05) is 0 Å². The van der Waals surface area contributed by atoms with Crippen LogP contribution in [0.3, 0.4) is 0 Å². The largest absolute Gasteiger partial charge is 0.574 e. The molecular formula is C8H4BrF3N2O2. The van der Waals surface area contributed by atoms with Crippen molar-refractivity contribution in [3.8, 4) is 17.8 Å². The summed E-state index contributed by atoms with van der Waals surface area (Å²) in [5.74, 6) is -0.901. The van der Waals surface area contributed by atoms with E-state index < -0.39 is 12.2 Å². The molecule has 16 heavy (non-hydrogen) atoms. The quantitative estimate of drug-likeness (QED) is 0.842. The van der Waals surface area contributed by atoms with Crippen LogP contribution in [-0.4, -0.2) is 18.5 Å². The van der Waals surface area contributed by atoms with Crippen LogP contribution in [0.15, 0.2) is 10.5 Å². The van der Waals surface area contributed by atoms with Crippen LogP contribution >= 0.6 is 15.9 Å². The number of alkyl halides is 3. The molecule has 1 heterocycles. The summed E-state index contributed by atoms with van der Waals surface area (Å²) in [6.45, 7) is 0. The summed E-state index contributed by atoms with van der Waals surface area (Å²) in [4.78, 5) is 3.42. The lowest BCUT2D eigenvalue weighted by Gasteiger charge is -2.11. The van der Waals surface area contributed by atoms with E-state index in [2.05, 4.69) is 30.4 Å². The number of hydrogen-bond donors (Lipinski definition) is 0. The van der Waals surface area contributed by atoms with E-state index in [0.29, 0.717) is 0 Å². The summed E-state index contributed by atoms with van der Waals surface area (Å²) in [6, 6.07) is 2.87. The topological polar surface area (TPSA) is 55.1 Å². The summed E-state index contributed by atoms with van der Waals surface area (Å²) < 4.78 is 44.0. The molecule has 1 aromatic rings. The predicted octanol–water partition coefficient (Wildman–Crippen LogP) is 2.62. The fourth-order valence-electron chi connectivity index (χ4n) is 0.847. The van der Waals surface area contributed by atoms with Gasteiger partial charge in [-0.2, -0.15) is 10.2 Å². The van der Waals surface area contributed by atoms with Crippen LogP contribution in [0.4, 0.5) is 13.2 Å². The number of ether oxygens (including phenoxy) is 2. The average Bonchev–Trinajstić information content (AvgIpc) is 2.19. The van der Waals surface area contributed by atoms with Crippen LogP contribution in [0.25, 0.3) is 0 Å². The number of pyridine rings is 1. The zero-order valence-corrected chi connectivity index (χ0v) is 9.39. The molecule has 4 nitrogen and oxygen atoms in total. The first-order valence-electron chi connectivity index (χ1n) is 3.77. The minimum Gasteiger partial charge on any atom is -0.481 e. The lowest BCUT2D eigenvalue weighted by Crippen LogP contribution is -2.18. The van der Waals surface area contributed by atoms with Gasteiger partial charge >= 0.3 is 6.36 Å². The molecular weight excluding hydrogens is 293 g/mol. The van der Waals surface area contributed by atoms with Crippen molar-refractivity contribution >= 4 is 15.9 Å². The van der Waals surface area contributed by atoms with Gasteiger partial charge in [0, 0.05) is 6.07 Å². The second-order valence-corrected chi connectivity index (χ2v) is 3.28. The van der Waals surface area contributed by atoms with Crippen molar-refractivity contribution < 1.29 is 22.6 Å². The second kappa shape index (κ2) is 4.57. The fourth-order valence-corrected chi connectivity index (χ4v) is 1.22. The van der Waals surface area contributed by atoms with E-state index in [1.807, 2.05) is 0 Å². The average molecular weight is 297 g/mol. The van der Waals surface area contributed by atoms with E-state index in [4.69, 9.17) is 5.26 Å². The van der Waals surface area contributed by atoms with Crippen LogP contribution in [-0.2, 0) is 0 Å². The van der Waals surface area contributed by atoms with Crippen molar-refractivity contribution in [1.29, 1.82) is 5.26 Å². The number of rotatable bonds is 2. The SMILES string of the molecule is COc1cc(C#N)c(Br)c(OC(F)(F)F)n1. The van der Waals surface area contributed by atoms with Gasteiger partial charge < -0.3 is 9.47 Å². The van der Waals surface area contributed by atoms with Gasteiger partial charge in [-0.3, -0.25) is 0 Å². The summed E-state index contributed by atoms with van der Waals surface area (Å²) in [5.41, 5.74) is -0.0638. The number of hydrogen-bond acceptors (Lipinski definition) is 4. The van der Waals surface area contributed by atoms with Crippen LogP contribution in [0, 0.1) is 11.3 Å². The Hall–Kier alpha value is -1.49. The summed E-state index contributed by atoms with van der Waals surface area (Å²) in [5, 5.41) is 8.66. The monoisotopic (exact) mass is 296 g/mol. The Morgan fingerprint density at radius 1 is 1.50 bits per heavy atom. The molecule has 0 aliphatic heterocycles. The first-order valence-corrected chi connectivity index (χ1v) is 4.57. The molecule has 0 bridgehead atoms. The van der Waals surface area contributed by atoms with Gasteiger partial charge in [0.2, 0.25) is 11.8 Å². The minimum atomic E-state index is -4.88. The molecule has 0 atom stereocenters. The van der Waals surface area contributed by atoms with Crippen molar-refractivity contribution in [2.75, 3.05) is 7.11 Å². The number of methoxy groups -OCH3 is 1. The maximum atomic E-state index is 12.0. The highest BCUT2D eigenvalue weighted by atomic mass is 79.9. The van der Waals surface area contributed by atoms with Crippen LogP contribution in [0.2, 0.25) is 0 Å². The van der Waals surface area contributed by atoms with Crippen LogP contribution < -0.4 is 9.47 Å². The van der Waals surface area contributed by atoms with Gasteiger partial charge in [0.15, 0.2) is 0 Å². The molecule has 1 rings (SSSR count). The molecule has 8 heteroatoms. The molecule has 0 aromatic carbocycles. The van der Waals surface area contributed by atoms with Gasteiger partial charge in [0.1, 0.15) is 6.07 Å². The number of nitrogens with zero attached hydrogens (tertiary/aromatic N) is 2. The van der Waals surface area contributed by atoms with Crippen molar-refractivity contribution in [3.05, 3.63) is 16.1 Å².